The molecule has 0 spiro atoms. The first-order chi connectivity index (χ1) is 9.36. The van der Waals surface area contributed by atoms with E-state index in [9.17, 15) is 5.26 Å². The van der Waals surface area contributed by atoms with Crippen molar-refractivity contribution < 1.29 is 0 Å². The first-order valence-corrected chi connectivity index (χ1v) is 7.74. The van der Waals surface area contributed by atoms with Gasteiger partial charge in [0.2, 0.25) is 0 Å². The van der Waals surface area contributed by atoms with E-state index in [2.05, 4.69) is 31.8 Å². The number of halogens is 1. The lowest BCUT2D eigenvalue weighted by atomic mass is 9.63. The number of nitrogens with zero attached hydrogens (tertiary/aromatic N) is 2. The summed E-state index contributed by atoms with van der Waals surface area (Å²) in [5, 5.41) is 10.4. The van der Waals surface area contributed by atoms with E-state index in [0.29, 0.717) is 10.4 Å². The fraction of sp³-hybridized carbons (Fsp3) is 0.647. The monoisotopic (exact) mass is 290 g/mol. The maximum absolute atomic E-state index is 9.67. The van der Waals surface area contributed by atoms with E-state index >= 15 is 0 Å². The molecule has 2 rings (SSSR count). The SMILES string of the molecule is CC(C)(C)C1CCC(C#N)(Cc2ccncc2Cl)CC1. The number of rotatable bonds is 2. The van der Waals surface area contributed by atoms with E-state index in [-0.39, 0.29) is 5.41 Å². The third-order valence-corrected chi connectivity index (χ3v) is 5.13. The molecule has 20 heavy (non-hydrogen) atoms. The molecule has 0 radical (unpaired) electrons. The average Bonchev–Trinajstić information content (AvgIpc) is 2.41. The van der Waals surface area contributed by atoms with Gasteiger partial charge in [-0.2, -0.15) is 5.26 Å². The molecule has 0 aromatic carbocycles. The highest BCUT2D eigenvalue weighted by Crippen LogP contribution is 2.46. The van der Waals surface area contributed by atoms with Gasteiger partial charge in [-0.3, -0.25) is 4.98 Å². The van der Waals surface area contributed by atoms with Gasteiger partial charge in [-0.1, -0.05) is 32.4 Å². The summed E-state index contributed by atoms with van der Waals surface area (Å²) in [4.78, 5) is 4.02. The van der Waals surface area contributed by atoms with Gasteiger partial charge in [0, 0.05) is 12.4 Å². The third kappa shape index (κ3) is 3.33. The molecular weight excluding hydrogens is 268 g/mol. The summed E-state index contributed by atoms with van der Waals surface area (Å²) in [6.45, 7) is 6.91. The van der Waals surface area contributed by atoms with Gasteiger partial charge in [-0.25, -0.2) is 0 Å². The van der Waals surface area contributed by atoms with Crippen molar-refractivity contribution >= 4 is 11.6 Å². The first-order valence-electron chi connectivity index (χ1n) is 7.36. The van der Waals surface area contributed by atoms with Crippen molar-refractivity contribution in [3.63, 3.8) is 0 Å². The summed E-state index contributed by atoms with van der Waals surface area (Å²) < 4.78 is 0. The molecule has 108 valence electrons. The van der Waals surface area contributed by atoms with Crippen LogP contribution in [0.3, 0.4) is 0 Å². The lowest BCUT2D eigenvalue weighted by molar-refractivity contribution is 0.120. The van der Waals surface area contributed by atoms with Crippen LogP contribution in [0.5, 0.6) is 0 Å². The van der Waals surface area contributed by atoms with Gasteiger partial charge in [0.15, 0.2) is 0 Å². The van der Waals surface area contributed by atoms with E-state index in [1.807, 2.05) is 6.07 Å². The summed E-state index contributed by atoms with van der Waals surface area (Å²) in [5.41, 5.74) is 1.15. The van der Waals surface area contributed by atoms with Gasteiger partial charge >= 0.3 is 0 Å². The molecule has 0 amide bonds. The Morgan fingerprint density at radius 3 is 2.55 bits per heavy atom. The predicted molar refractivity (Wildman–Crippen MR) is 82.4 cm³/mol. The Morgan fingerprint density at radius 1 is 1.40 bits per heavy atom. The minimum absolute atomic E-state index is 0.243. The second-order valence-electron chi connectivity index (χ2n) is 7.18. The number of nitriles is 1. The summed E-state index contributed by atoms with van der Waals surface area (Å²) in [7, 11) is 0. The van der Waals surface area contributed by atoms with Crippen LogP contribution in [-0.2, 0) is 6.42 Å². The van der Waals surface area contributed by atoms with E-state index in [0.717, 1.165) is 43.6 Å². The standard InChI is InChI=1S/C17H23ClN2/c1-16(2,3)14-4-7-17(12-19,8-5-14)10-13-6-9-20-11-15(13)18/h6,9,11,14H,4-5,7-8,10H2,1-3H3. The summed E-state index contributed by atoms with van der Waals surface area (Å²) in [5.74, 6) is 0.719. The van der Waals surface area contributed by atoms with Crippen molar-refractivity contribution in [1.82, 2.24) is 4.98 Å². The van der Waals surface area contributed by atoms with Crippen LogP contribution >= 0.6 is 11.6 Å². The zero-order valence-corrected chi connectivity index (χ0v) is 13.4. The lowest BCUT2D eigenvalue weighted by Gasteiger charge is -2.40. The Morgan fingerprint density at radius 2 is 2.05 bits per heavy atom. The smallest absolute Gasteiger partial charge is 0.0693 e. The number of hydrogen-bond acceptors (Lipinski definition) is 2. The molecule has 0 unspecified atom stereocenters. The van der Waals surface area contributed by atoms with Crippen LogP contribution in [0.25, 0.3) is 0 Å². The third-order valence-electron chi connectivity index (χ3n) is 4.79. The van der Waals surface area contributed by atoms with Crippen LogP contribution in [0, 0.1) is 28.1 Å². The molecule has 2 nitrogen and oxygen atoms in total. The van der Waals surface area contributed by atoms with Crippen LogP contribution in [-0.4, -0.2) is 4.98 Å². The minimum atomic E-state index is -0.243. The lowest BCUT2D eigenvalue weighted by Crippen LogP contribution is -2.33. The zero-order chi connectivity index (χ0) is 14.8. The maximum Gasteiger partial charge on any atom is 0.0693 e. The quantitative estimate of drug-likeness (QED) is 0.766. The largest absolute Gasteiger partial charge is 0.263 e. The van der Waals surface area contributed by atoms with E-state index in [1.54, 1.807) is 12.4 Å². The normalized spacial score (nSPS) is 27.1. The van der Waals surface area contributed by atoms with E-state index in [4.69, 9.17) is 11.6 Å². The molecule has 0 N–H and O–H groups in total. The molecular formula is C17H23ClN2. The van der Waals surface area contributed by atoms with Gasteiger partial charge < -0.3 is 0 Å². The second kappa shape index (κ2) is 5.74. The highest BCUT2D eigenvalue weighted by Gasteiger charge is 2.39. The van der Waals surface area contributed by atoms with Crippen molar-refractivity contribution in [2.45, 2.75) is 52.9 Å². The first kappa shape index (κ1) is 15.3. The number of hydrogen-bond donors (Lipinski definition) is 0. The van der Waals surface area contributed by atoms with E-state index < -0.39 is 0 Å². The molecule has 1 aliphatic rings. The molecule has 0 aliphatic heterocycles. The topological polar surface area (TPSA) is 36.7 Å². The van der Waals surface area contributed by atoms with Gasteiger partial charge in [0.25, 0.3) is 0 Å². The fourth-order valence-corrected chi connectivity index (χ4v) is 3.46. The summed E-state index contributed by atoms with van der Waals surface area (Å²) >= 11 is 6.19. The molecule has 1 aromatic rings. The minimum Gasteiger partial charge on any atom is -0.263 e. The average molecular weight is 291 g/mol. The molecule has 1 fully saturated rings. The fourth-order valence-electron chi connectivity index (χ4n) is 3.28. The van der Waals surface area contributed by atoms with Gasteiger partial charge in [0.05, 0.1) is 16.5 Å². The maximum atomic E-state index is 9.67. The molecule has 0 atom stereocenters. The molecule has 1 saturated carbocycles. The Hall–Kier alpha value is -1.07. The highest BCUT2D eigenvalue weighted by atomic mass is 35.5. The van der Waals surface area contributed by atoms with Crippen LogP contribution in [0.2, 0.25) is 5.02 Å². The Balaban J connectivity index is 2.10. The molecule has 1 aliphatic carbocycles. The van der Waals surface area contributed by atoms with Crippen molar-refractivity contribution in [3.8, 4) is 6.07 Å². The van der Waals surface area contributed by atoms with Crippen LogP contribution in [0.4, 0.5) is 0 Å². The van der Waals surface area contributed by atoms with Crippen LogP contribution < -0.4 is 0 Å². The summed E-state index contributed by atoms with van der Waals surface area (Å²) in [6.07, 6.45) is 8.41. The van der Waals surface area contributed by atoms with Gasteiger partial charge in [-0.05, 0) is 55.1 Å². The van der Waals surface area contributed by atoms with Crippen molar-refractivity contribution in [3.05, 3.63) is 29.0 Å². The number of pyridine rings is 1. The van der Waals surface area contributed by atoms with Crippen molar-refractivity contribution in [2.75, 3.05) is 0 Å². The molecule has 0 saturated heterocycles. The Kier molecular flexibility index (Phi) is 4.39. The van der Waals surface area contributed by atoms with E-state index in [1.165, 1.54) is 0 Å². The Labute approximate surface area is 127 Å². The second-order valence-corrected chi connectivity index (χ2v) is 7.58. The molecule has 0 bridgehead atoms. The van der Waals surface area contributed by atoms with Crippen molar-refractivity contribution in [2.24, 2.45) is 16.7 Å². The van der Waals surface area contributed by atoms with Gasteiger partial charge in [0.1, 0.15) is 0 Å². The zero-order valence-electron chi connectivity index (χ0n) is 12.6. The molecule has 3 heteroatoms. The van der Waals surface area contributed by atoms with Crippen molar-refractivity contribution in [1.29, 1.82) is 5.26 Å². The van der Waals surface area contributed by atoms with Gasteiger partial charge in [-0.15, -0.1) is 0 Å². The highest BCUT2D eigenvalue weighted by molar-refractivity contribution is 6.31. The predicted octanol–water partition coefficient (Wildman–Crippen LogP) is 5.02. The summed E-state index contributed by atoms with van der Waals surface area (Å²) in [6, 6.07) is 4.53. The molecule has 1 heterocycles. The van der Waals surface area contributed by atoms with Crippen LogP contribution in [0.1, 0.15) is 52.0 Å². The number of aromatic nitrogens is 1. The van der Waals surface area contributed by atoms with Crippen LogP contribution in [0.15, 0.2) is 18.5 Å². The molecule has 1 aromatic heterocycles. The Bertz CT molecular complexity index is 502.